The van der Waals surface area contributed by atoms with Gasteiger partial charge in [0.2, 0.25) is 4.96 Å². The van der Waals surface area contributed by atoms with Crippen LogP contribution in [0.3, 0.4) is 0 Å². The van der Waals surface area contributed by atoms with Gasteiger partial charge in [0, 0.05) is 11.1 Å². The molecule has 4 aromatic rings. The Kier molecular flexibility index (Phi) is 5.26. The van der Waals surface area contributed by atoms with E-state index in [4.69, 9.17) is 4.74 Å². The van der Waals surface area contributed by atoms with Crippen LogP contribution in [0.4, 0.5) is 5.69 Å². The summed E-state index contributed by atoms with van der Waals surface area (Å²) in [5, 5.41) is 16.4. The van der Waals surface area contributed by atoms with Crippen LogP contribution in [0.15, 0.2) is 48.5 Å². The molecule has 2 aromatic heterocycles. The van der Waals surface area contributed by atoms with Gasteiger partial charge in [0.15, 0.2) is 5.82 Å². The highest BCUT2D eigenvalue weighted by Crippen LogP contribution is 2.31. The zero-order valence-electron chi connectivity index (χ0n) is 16.4. The summed E-state index contributed by atoms with van der Waals surface area (Å²) < 4.78 is 7.38. The molecule has 0 saturated carbocycles. The fourth-order valence-corrected chi connectivity index (χ4v) is 3.69. The Labute approximate surface area is 172 Å². The molecule has 8 heteroatoms. The number of nitrogens with one attached hydrogen (secondary N) is 1. The first kappa shape index (κ1) is 19.1. The maximum Gasteiger partial charge on any atom is 0.255 e. The van der Waals surface area contributed by atoms with Crippen molar-refractivity contribution in [3.8, 4) is 16.3 Å². The lowest BCUT2D eigenvalue weighted by Gasteiger charge is -2.11. The molecule has 1 N–H and O–H groups in total. The third-order valence-electron chi connectivity index (χ3n) is 4.25. The molecule has 0 radical (unpaired) electrons. The number of anilines is 1. The SMILES string of the molecule is Cc1nnc2sc(-c3ccccc3NC(=O)c3ccc(OCC(C)C)cc3)nn12. The Morgan fingerprint density at radius 2 is 1.90 bits per heavy atom. The molecular weight excluding hydrogens is 386 g/mol. The summed E-state index contributed by atoms with van der Waals surface area (Å²) in [5.41, 5.74) is 2.10. The Morgan fingerprint density at radius 3 is 2.62 bits per heavy atom. The van der Waals surface area contributed by atoms with E-state index < -0.39 is 0 Å². The van der Waals surface area contributed by atoms with Crippen LogP contribution >= 0.6 is 11.3 Å². The third-order valence-corrected chi connectivity index (χ3v) is 5.18. The number of aryl methyl sites for hydroxylation is 1. The number of hydrogen-bond acceptors (Lipinski definition) is 6. The first-order valence-electron chi connectivity index (χ1n) is 9.33. The molecule has 0 aliphatic carbocycles. The minimum absolute atomic E-state index is 0.188. The van der Waals surface area contributed by atoms with Crippen molar-refractivity contribution in [1.29, 1.82) is 0 Å². The van der Waals surface area contributed by atoms with Gasteiger partial charge in [0.05, 0.1) is 12.3 Å². The molecule has 2 heterocycles. The van der Waals surface area contributed by atoms with Crippen molar-refractivity contribution >= 4 is 27.9 Å². The van der Waals surface area contributed by atoms with Gasteiger partial charge in [-0.3, -0.25) is 4.79 Å². The van der Waals surface area contributed by atoms with E-state index in [1.807, 2.05) is 43.3 Å². The van der Waals surface area contributed by atoms with Gasteiger partial charge in [-0.1, -0.05) is 37.3 Å². The summed E-state index contributed by atoms with van der Waals surface area (Å²) in [6.45, 7) is 6.69. The second kappa shape index (κ2) is 8.00. The van der Waals surface area contributed by atoms with E-state index >= 15 is 0 Å². The Morgan fingerprint density at radius 1 is 1.14 bits per heavy atom. The number of hydrogen-bond donors (Lipinski definition) is 1. The van der Waals surface area contributed by atoms with E-state index in [1.165, 1.54) is 11.3 Å². The highest BCUT2D eigenvalue weighted by atomic mass is 32.1. The zero-order chi connectivity index (χ0) is 20.4. The maximum absolute atomic E-state index is 12.8. The molecule has 4 rings (SSSR count). The predicted octanol–water partition coefficient (Wildman–Crippen LogP) is 4.45. The average molecular weight is 407 g/mol. The lowest BCUT2D eigenvalue weighted by molar-refractivity contribution is 0.102. The molecular formula is C21H21N5O2S. The highest BCUT2D eigenvalue weighted by Gasteiger charge is 2.15. The van der Waals surface area contributed by atoms with E-state index in [1.54, 1.807) is 16.6 Å². The number of nitrogens with zero attached hydrogens (tertiary/aromatic N) is 4. The van der Waals surface area contributed by atoms with Crippen LogP contribution in [-0.4, -0.2) is 32.3 Å². The van der Waals surface area contributed by atoms with Gasteiger partial charge in [-0.05, 0) is 49.2 Å². The number of carbonyl (C=O) groups excluding carboxylic acids is 1. The van der Waals surface area contributed by atoms with Crippen molar-refractivity contribution in [2.45, 2.75) is 20.8 Å². The summed E-state index contributed by atoms with van der Waals surface area (Å²) in [5.74, 6) is 1.74. The first-order chi connectivity index (χ1) is 14.0. The zero-order valence-corrected chi connectivity index (χ0v) is 17.2. The fourth-order valence-electron chi connectivity index (χ4n) is 2.76. The normalized spacial score (nSPS) is 11.2. The standard InChI is InChI=1S/C21H21N5O2S/c1-13(2)12-28-16-10-8-15(9-11-16)19(27)22-18-7-5-4-6-17(18)20-25-26-14(3)23-24-21(26)29-20/h4-11,13H,12H2,1-3H3,(H,22,27). The Hall–Kier alpha value is -3.26. The number of aromatic nitrogens is 4. The van der Waals surface area contributed by atoms with Gasteiger partial charge in [-0.25, -0.2) is 0 Å². The van der Waals surface area contributed by atoms with Crippen molar-refractivity contribution < 1.29 is 9.53 Å². The number of para-hydroxylation sites is 1. The summed E-state index contributed by atoms with van der Waals surface area (Å²) in [4.78, 5) is 13.5. The molecule has 0 aliphatic rings. The number of benzene rings is 2. The largest absolute Gasteiger partial charge is 0.493 e. The second-order valence-corrected chi connectivity index (χ2v) is 8.03. The quantitative estimate of drug-likeness (QED) is 0.511. The average Bonchev–Trinajstić information content (AvgIpc) is 3.29. The number of ether oxygens (including phenoxy) is 1. The maximum atomic E-state index is 12.8. The molecule has 29 heavy (non-hydrogen) atoms. The lowest BCUT2D eigenvalue weighted by Crippen LogP contribution is -2.12. The number of amides is 1. The fraction of sp³-hybridized carbons (Fsp3) is 0.238. The van der Waals surface area contributed by atoms with Gasteiger partial charge < -0.3 is 10.1 Å². The van der Waals surface area contributed by atoms with Crippen LogP contribution < -0.4 is 10.1 Å². The van der Waals surface area contributed by atoms with Crippen LogP contribution in [0, 0.1) is 12.8 Å². The first-order valence-corrected chi connectivity index (χ1v) is 10.2. The van der Waals surface area contributed by atoms with Crippen LogP contribution in [-0.2, 0) is 0 Å². The van der Waals surface area contributed by atoms with Crippen molar-refractivity contribution in [2.24, 2.45) is 5.92 Å². The number of carbonyl (C=O) groups is 1. The molecule has 0 saturated heterocycles. The van der Waals surface area contributed by atoms with E-state index in [-0.39, 0.29) is 5.91 Å². The van der Waals surface area contributed by atoms with Crippen molar-refractivity contribution in [3.63, 3.8) is 0 Å². The molecule has 148 valence electrons. The molecule has 0 spiro atoms. The monoisotopic (exact) mass is 407 g/mol. The van der Waals surface area contributed by atoms with E-state index in [2.05, 4.69) is 34.5 Å². The van der Waals surface area contributed by atoms with Crippen molar-refractivity contribution in [1.82, 2.24) is 19.8 Å². The Bertz CT molecular complexity index is 1150. The molecule has 0 bridgehead atoms. The lowest BCUT2D eigenvalue weighted by atomic mass is 10.1. The molecule has 0 aliphatic heterocycles. The van der Waals surface area contributed by atoms with Crippen LogP contribution in [0.25, 0.3) is 15.5 Å². The minimum Gasteiger partial charge on any atom is -0.493 e. The molecule has 7 nitrogen and oxygen atoms in total. The van der Waals surface area contributed by atoms with Gasteiger partial charge in [-0.2, -0.15) is 9.61 Å². The van der Waals surface area contributed by atoms with E-state index in [0.717, 1.165) is 27.1 Å². The van der Waals surface area contributed by atoms with Crippen LogP contribution in [0.1, 0.15) is 30.0 Å². The molecule has 0 atom stereocenters. The van der Waals surface area contributed by atoms with Gasteiger partial charge in [-0.15, -0.1) is 10.2 Å². The van der Waals surface area contributed by atoms with E-state index in [0.29, 0.717) is 23.8 Å². The summed E-state index contributed by atoms with van der Waals surface area (Å²) in [6, 6.07) is 14.8. The number of rotatable bonds is 6. The predicted molar refractivity (Wildman–Crippen MR) is 114 cm³/mol. The summed E-state index contributed by atoms with van der Waals surface area (Å²) in [6.07, 6.45) is 0. The van der Waals surface area contributed by atoms with Gasteiger partial charge in [0.25, 0.3) is 5.91 Å². The number of fused-ring (bicyclic) bond motifs is 1. The van der Waals surface area contributed by atoms with E-state index in [9.17, 15) is 4.79 Å². The summed E-state index contributed by atoms with van der Waals surface area (Å²) in [7, 11) is 0. The third kappa shape index (κ3) is 4.12. The van der Waals surface area contributed by atoms with Crippen molar-refractivity contribution in [3.05, 3.63) is 59.9 Å². The Balaban J connectivity index is 1.54. The van der Waals surface area contributed by atoms with Crippen molar-refractivity contribution in [2.75, 3.05) is 11.9 Å². The molecule has 0 fully saturated rings. The topological polar surface area (TPSA) is 81.4 Å². The van der Waals surface area contributed by atoms with Gasteiger partial charge in [0.1, 0.15) is 10.8 Å². The molecule has 1 amide bonds. The second-order valence-electron chi connectivity index (χ2n) is 7.08. The summed E-state index contributed by atoms with van der Waals surface area (Å²) >= 11 is 1.43. The van der Waals surface area contributed by atoms with Crippen LogP contribution in [0.5, 0.6) is 5.75 Å². The molecule has 2 aromatic carbocycles. The minimum atomic E-state index is -0.188. The van der Waals surface area contributed by atoms with Gasteiger partial charge >= 0.3 is 0 Å². The van der Waals surface area contributed by atoms with Crippen LogP contribution in [0.2, 0.25) is 0 Å². The smallest absolute Gasteiger partial charge is 0.255 e. The highest BCUT2D eigenvalue weighted by molar-refractivity contribution is 7.19. The molecule has 0 unspecified atom stereocenters.